The fraction of sp³-hybridized carbons (Fsp3) is 0.294. The number of hydrogen-bond donors (Lipinski definition) is 1. The van der Waals surface area contributed by atoms with E-state index in [1.165, 1.54) is 0 Å². The third kappa shape index (κ3) is 4.37. The minimum absolute atomic E-state index is 0.0199. The Morgan fingerprint density at radius 3 is 2.43 bits per heavy atom. The van der Waals surface area contributed by atoms with E-state index in [0.29, 0.717) is 10.0 Å². The molecule has 0 amide bonds. The SMILES string of the molecule is CCCNC(c1cc(C)cc(Cl)c1)c1cc(Cl)ccc1Cl. The summed E-state index contributed by atoms with van der Waals surface area (Å²) in [5.74, 6) is 0. The molecule has 21 heavy (non-hydrogen) atoms. The van der Waals surface area contributed by atoms with Crippen LogP contribution < -0.4 is 5.32 Å². The highest BCUT2D eigenvalue weighted by Crippen LogP contribution is 2.32. The van der Waals surface area contributed by atoms with E-state index < -0.39 is 0 Å². The molecule has 0 aliphatic heterocycles. The number of hydrogen-bond acceptors (Lipinski definition) is 1. The highest BCUT2D eigenvalue weighted by molar-refractivity contribution is 6.33. The number of halogens is 3. The average Bonchev–Trinajstić information content (AvgIpc) is 2.42. The van der Waals surface area contributed by atoms with Crippen LogP contribution in [0, 0.1) is 6.92 Å². The number of rotatable bonds is 5. The lowest BCUT2D eigenvalue weighted by Gasteiger charge is -2.22. The molecule has 0 bridgehead atoms. The molecule has 1 unspecified atom stereocenters. The zero-order chi connectivity index (χ0) is 15.4. The fourth-order valence-electron chi connectivity index (χ4n) is 2.36. The predicted octanol–water partition coefficient (Wildman–Crippen LogP) is 6.04. The van der Waals surface area contributed by atoms with E-state index in [0.717, 1.165) is 34.7 Å². The van der Waals surface area contributed by atoms with Crippen LogP contribution in [0.1, 0.15) is 36.1 Å². The molecule has 0 aliphatic carbocycles. The van der Waals surface area contributed by atoms with Gasteiger partial charge in [0.2, 0.25) is 0 Å². The van der Waals surface area contributed by atoms with Gasteiger partial charge < -0.3 is 5.32 Å². The second kappa shape index (κ2) is 7.51. The molecule has 0 radical (unpaired) electrons. The number of aryl methyl sites for hydroxylation is 1. The van der Waals surface area contributed by atoms with Gasteiger partial charge in [0.15, 0.2) is 0 Å². The van der Waals surface area contributed by atoms with Crippen molar-refractivity contribution in [3.63, 3.8) is 0 Å². The highest BCUT2D eigenvalue weighted by atomic mass is 35.5. The lowest BCUT2D eigenvalue weighted by atomic mass is 9.97. The van der Waals surface area contributed by atoms with Gasteiger partial charge in [-0.25, -0.2) is 0 Å². The molecule has 1 atom stereocenters. The summed E-state index contributed by atoms with van der Waals surface area (Å²) in [6.45, 7) is 5.05. The quantitative estimate of drug-likeness (QED) is 0.698. The number of benzene rings is 2. The molecule has 4 heteroatoms. The third-order valence-electron chi connectivity index (χ3n) is 3.27. The molecule has 112 valence electrons. The zero-order valence-corrected chi connectivity index (χ0v) is 14.4. The first-order chi connectivity index (χ1) is 10.0. The van der Waals surface area contributed by atoms with E-state index in [-0.39, 0.29) is 6.04 Å². The summed E-state index contributed by atoms with van der Waals surface area (Å²) in [4.78, 5) is 0. The van der Waals surface area contributed by atoms with Crippen molar-refractivity contribution in [3.8, 4) is 0 Å². The molecular weight excluding hydrogens is 325 g/mol. The Balaban J connectivity index is 2.49. The summed E-state index contributed by atoms with van der Waals surface area (Å²) in [5.41, 5.74) is 3.19. The van der Waals surface area contributed by atoms with Crippen LogP contribution in [0.3, 0.4) is 0 Å². The van der Waals surface area contributed by atoms with E-state index in [9.17, 15) is 0 Å². The van der Waals surface area contributed by atoms with Crippen molar-refractivity contribution in [3.05, 3.63) is 68.2 Å². The highest BCUT2D eigenvalue weighted by Gasteiger charge is 2.17. The predicted molar refractivity (Wildman–Crippen MR) is 92.8 cm³/mol. The minimum atomic E-state index is -0.0199. The van der Waals surface area contributed by atoms with Crippen molar-refractivity contribution < 1.29 is 0 Å². The van der Waals surface area contributed by atoms with Gasteiger partial charge >= 0.3 is 0 Å². The van der Waals surface area contributed by atoms with Gasteiger partial charge in [-0.1, -0.05) is 47.8 Å². The van der Waals surface area contributed by atoms with Gasteiger partial charge in [0.25, 0.3) is 0 Å². The molecule has 2 aromatic carbocycles. The molecule has 1 N–H and O–H groups in total. The van der Waals surface area contributed by atoms with E-state index in [1.54, 1.807) is 6.07 Å². The van der Waals surface area contributed by atoms with Gasteiger partial charge in [-0.05, 0) is 66.9 Å². The lowest BCUT2D eigenvalue weighted by molar-refractivity contribution is 0.598. The minimum Gasteiger partial charge on any atom is -0.306 e. The van der Waals surface area contributed by atoms with Crippen LogP contribution >= 0.6 is 34.8 Å². The Hall–Kier alpha value is -0.730. The van der Waals surface area contributed by atoms with Crippen molar-refractivity contribution in [2.45, 2.75) is 26.3 Å². The van der Waals surface area contributed by atoms with Gasteiger partial charge in [-0.3, -0.25) is 0 Å². The Kier molecular flexibility index (Phi) is 5.95. The van der Waals surface area contributed by atoms with Crippen LogP contribution in [0.25, 0.3) is 0 Å². The Bertz CT molecular complexity index is 605. The first-order valence-corrected chi connectivity index (χ1v) is 8.10. The topological polar surface area (TPSA) is 12.0 Å². The van der Waals surface area contributed by atoms with Crippen LogP contribution in [-0.4, -0.2) is 6.54 Å². The Morgan fingerprint density at radius 1 is 1.00 bits per heavy atom. The molecule has 0 saturated carbocycles. The maximum atomic E-state index is 6.37. The van der Waals surface area contributed by atoms with Crippen molar-refractivity contribution >= 4 is 34.8 Å². The molecule has 0 aliphatic rings. The van der Waals surface area contributed by atoms with Gasteiger partial charge in [-0.15, -0.1) is 0 Å². The molecule has 0 spiro atoms. The Labute approximate surface area is 141 Å². The summed E-state index contributed by atoms with van der Waals surface area (Å²) in [6.07, 6.45) is 1.04. The maximum absolute atomic E-state index is 6.37. The normalized spacial score (nSPS) is 12.4. The van der Waals surface area contributed by atoms with Crippen LogP contribution in [0.5, 0.6) is 0 Å². The molecule has 0 saturated heterocycles. The molecule has 0 heterocycles. The summed E-state index contributed by atoms with van der Waals surface area (Å²) >= 11 is 18.7. The second-order valence-electron chi connectivity index (χ2n) is 5.11. The van der Waals surface area contributed by atoms with Crippen molar-refractivity contribution in [1.29, 1.82) is 0 Å². The van der Waals surface area contributed by atoms with Gasteiger partial charge in [0, 0.05) is 15.1 Å². The van der Waals surface area contributed by atoms with Crippen molar-refractivity contribution in [1.82, 2.24) is 5.32 Å². The van der Waals surface area contributed by atoms with Crippen LogP contribution in [-0.2, 0) is 0 Å². The molecular formula is C17H18Cl3N. The molecule has 0 aromatic heterocycles. The van der Waals surface area contributed by atoms with Crippen LogP contribution in [0.4, 0.5) is 0 Å². The zero-order valence-electron chi connectivity index (χ0n) is 12.1. The van der Waals surface area contributed by atoms with Crippen molar-refractivity contribution in [2.75, 3.05) is 6.54 Å². The standard InChI is InChI=1S/C17H18Cl3N/c1-3-6-21-17(12-7-11(2)8-14(19)9-12)15-10-13(18)4-5-16(15)20/h4-5,7-10,17,21H,3,6H2,1-2H3. The molecule has 1 nitrogen and oxygen atoms in total. The van der Waals surface area contributed by atoms with E-state index in [1.807, 2.05) is 31.2 Å². The van der Waals surface area contributed by atoms with E-state index >= 15 is 0 Å². The monoisotopic (exact) mass is 341 g/mol. The van der Waals surface area contributed by atoms with Gasteiger partial charge in [0.1, 0.15) is 0 Å². The second-order valence-corrected chi connectivity index (χ2v) is 6.39. The molecule has 0 fully saturated rings. The third-order valence-corrected chi connectivity index (χ3v) is 4.06. The van der Waals surface area contributed by atoms with Crippen LogP contribution in [0.15, 0.2) is 36.4 Å². The summed E-state index contributed by atoms with van der Waals surface area (Å²) in [6, 6.07) is 11.6. The van der Waals surface area contributed by atoms with E-state index in [4.69, 9.17) is 34.8 Å². The fourth-order valence-corrected chi connectivity index (χ4v) is 3.07. The average molecular weight is 343 g/mol. The van der Waals surface area contributed by atoms with Crippen molar-refractivity contribution in [2.24, 2.45) is 0 Å². The first-order valence-electron chi connectivity index (χ1n) is 6.96. The number of nitrogens with one attached hydrogen (secondary N) is 1. The Morgan fingerprint density at radius 2 is 1.76 bits per heavy atom. The van der Waals surface area contributed by atoms with E-state index in [2.05, 4.69) is 18.3 Å². The van der Waals surface area contributed by atoms with Crippen LogP contribution in [0.2, 0.25) is 15.1 Å². The summed E-state index contributed by atoms with van der Waals surface area (Å²) in [5, 5.41) is 5.63. The first kappa shape index (κ1) is 16.6. The molecule has 2 aromatic rings. The van der Waals surface area contributed by atoms with Gasteiger partial charge in [-0.2, -0.15) is 0 Å². The largest absolute Gasteiger partial charge is 0.306 e. The summed E-state index contributed by atoms with van der Waals surface area (Å²) in [7, 11) is 0. The maximum Gasteiger partial charge on any atom is 0.0592 e. The lowest BCUT2D eigenvalue weighted by Crippen LogP contribution is -2.23. The smallest absolute Gasteiger partial charge is 0.0592 e. The van der Waals surface area contributed by atoms with Gasteiger partial charge in [0.05, 0.1) is 6.04 Å². The molecule has 2 rings (SSSR count). The summed E-state index contributed by atoms with van der Waals surface area (Å²) < 4.78 is 0.